The fourth-order valence-corrected chi connectivity index (χ4v) is 7.42. The summed E-state index contributed by atoms with van der Waals surface area (Å²) >= 11 is 1.81. The molecule has 0 amide bonds. The number of hydrogen-bond donors (Lipinski definition) is 0. The molecule has 0 bridgehead atoms. The molecule has 0 N–H and O–H groups in total. The second-order valence-electron chi connectivity index (χ2n) is 14.2. The van der Waals surface area contributed by atoms with Crippen molar-refractivity contribution in [1.29, 1.82) is 0 Å². The van der Waals surface area contributed by atoms with E-state index in [1.165, 1.54) is 52.7 Å². The van der Waals surface area contributed by atoms with Gasteiger partial charge in [0.05, 0.1) is 23.9 Å². The standard InChI is InChI=1S/C37H52IN3O11/c1-12-13-15-40(10)27-17-23(4)48-33(30(27)49-26(7)42)50-31-24(5)29(44)25(6)32(45)51-34(38)37(9,52-35(46)41-16-14-39-20-41)19-22(3)28(43)21(2)18-36(31,8)47-11/h1,14,16,19-21,23-25,27,30-31,33-34H,13,15,17-18H2,2-11H3/b22-19+/t21-,23-,24+,25-,27+,30-,31-,33+,34+,36-,37+/m1/s1. The van der Waals surface area contributed by atoms with Gasteiger partial charge in [0, 0.05) is 51.2 Å². The third-order valence-electron chi connectivity index (χ3n) is 9.84. The number of ether oxygens (including phenoxy) is 6. The van der Waals surface area contributed by atoms with E-state index in [-0.39, 0.29) is 29.9 Å². The van der Waals surface area contributed by atoms with Gasteiger partial charge in [0.1, 0.15) is 12.2 Å². The summed E-state index contributed by atoms with van der Waals surface area (Å²) in [5, 5.41) is 0. The van der Waals surface area contributed by atoms with E-state index in [9.17, 15) is 24.0 Å². The number of Topliss-reactive ketones (excluding diaryl/α,β-unsaturated/α-hetero) is 2. The molecule has 0 spiro atoms. The highest BCUT2D eigenvalue weighted by molar-refractivity contribution is 14.1. The largest absolute Gasteiger partial charge is 0.455 e. The number of cyclic esters (lactones) is 1. The predicted octanol–water partition coefficient (Wildman–Crippen LogP) is 4.51. The van der Waals surface area contributed by atoms with Crippen LogP contribution < -0.4 is 0 Å². The van der Waals surface area contributed by atoms with Crippen molar-refractivity contribution >= 4 is 52.2 Å². The number of hydrogen-bond acceptors (Lipinski definition) is 13. The molecule has 2 aliphatic heterocycles. The third kappa shape index (κ3) is 10.3. The van der Waals surface area contributed by atoms with E-state index in [1.807, 2.05) is 41.5 Å². The lowest BCUT2D eigenvalue weighted by atomic mass is 9.77. The first kappa shape index (κ1) is 43.2. The summed E-state index contributed by atoms with van der Waals surface area (Å²) in [6, 6.07) is -0.343. The number of methoxy groups -OCH3 is 1. The summed E-state index contributed by atoms with van der Waals surface area (Å²) in [5.74, 6) is -2.65. The number of esters is 2. The van der Waals surface area contributed by atoms with Crippen LogP contribution in [0.25, 0.3) is 0 Å². The van der Waals surface area contributed by atoms with E-state index >= 15 is 0 Å². The second kappa shape index (κ2) is 18.2. The van der Waals surface area contributed by atoms with E-state index in [0.717, 1.165) is 4.57 Å². The van der Waals surface area contributed by atoms with Crippen molar-refractivity contribution in [3.8, 4) is 12.3 Å². The Morgan fingerprint density at radius 1 is 1.19 bits per heavy atom. The van der Waals surface area contributed by atoms with E-state index in [0.29, 0.717) is 19.4 Å². The molecule has 2 aliphatic rings. The number of nitrogens with zero attached hydrogens (tertiary/aromatic N) is 3. The van der Waals surface area contributed by atoms with Crippen LogP contribution in [-0.2, 0) is 47.6 Å². The average molecular weight is 842 g/mol. The molecule has 11 atom stereocenters. The van der Waals surface area contributed by atoms with Crippen LogP contribution in [-0.4, -0.2) is 111 Å². The molecule has 1 aromatic heterocycles. The number of ketones is 2. The minimum absolute atomic E-state index is 0.0693. The smallest absolute Gasteiger partial charge is 0.420 e. The lowest BCUT2D eigenvalue weighted by molar-refractivity contribution is -0.298. The number of likely N-dealkylation sites (N-methyl/N-ethyl adjacent to an activating group) is 1. The first-order valence-electron chi connectivity index (χ1n) is 17.3. The maximum Gasteiger partial charge on any atom is 0.420 e. The van der Waals surface area contributed by atoms with Crippen LogP contribution in [0.1, 0.15) is 74.7 Å². The number of carbonyl (C=O) groups excluding carboxylic acids is 5. The predicted molar refractivity (Wildman–Crippen MR) is 197 cm³/mol. The van der Waals surface area contributed by atoms with Gasteiger partial charge >= 0.3 is 18.0 Å². The molecule has 15 heteroatoms. The van der Waals surface area contributed by atoms with Gasteiger partial charge in [0.2, 0.25) is 0 Å². The molecular formula is C37H52IN3O11. The quantitative estimate of drug-likeness (QED) is 0.0899. The van der Waals surface area contributed by atoms with Gasteiger partial charge in [-0.15, -0.1) is 12.3 Å². The highest BCUT2D eigenvalue weighted by Gasteiger charge is 2.51. The normalized spacial score (nSPS) is 36.2. The number of alkyl halides is 1. The minimum Gasteiger partial charge on any atom is -0.455 e. The molecule has 1 fully saturated rings. The fraction of sp³-hybridized carbons (Fsp3) is 0.676. The third-order valence-corrected chi connectivity index (χ3v) is 11.3. The van der Waals surface area contributed by atoms with E-state index in [1.54, 1.807) is 27.7 Å². The lowest BCUT2D eigenvalue weighted by Gasteiger charge is -2.47. The van der Waals surface area contributed by atoms with Gasteiger partial charge in [0.15, 0.2) is 33.7 Å². The van der Waals surface area contributed by atoms with Gasteiger partial charge in [-0.05, 0) is 88.7 Å². The topological polar surface area (TPSA) is 162 Å². The summed E-state index contributed by atoms with van der Waals surface area (Å²) < 4.78 is 36.5. The zero-order valence-corrected chi connectivity index (χ0v) is 33.8. The molecule has 14 nitrogen and oxygen atoms in total. The molecule has 3 rings (SSSR count). The molecule has 1 aromatic rings. The van der Waals surface area contributed by atoms with Crippen LogP contribution in [0.3, 0.4) is 0 Å². The summed E-state index contributed by atoms with van der Waals surface area (Å²) in [4.78, 5) is 73.2. The molecule has 0 unspecified atom stereocenters. The Kier molecular flexibility index (Phi) is 15.2. The van der Waals surface area contributed by atoms with Crippen LogP contribution in [0.5, 0.6) is 0 Å². The van der Waals surface area contributed by atoms with Crippen molar-refractivity contribution in [2.24, 2.45) is 17.8 Å². The number of aromatic nitrogens is 2. The number of allylic oxidation sites excluding steroid dienone is 1. The van der Waals surface area contributed by atoms with Crippen LogP contribution in [0, 0.1) is 30.1 Å². The van der Waals surface area contributed by atoms with E-state index < -0.39 is 75.4 Å². The van der Waals surface area contributed by atoms with E-state index in [2.05, 4.69) is 10.9 Å². The SMILES string of the molecule is C#CCCN(C)[C@H]1C[C@@H](C)O[C@@H](O[C@@H]2[C@@H](C)C(=O)[C@@H](C)C(=O)O[C@H](I)[C@@](C)(OC(=O)n3ccnc3)/C=C(\C)C(=O)[C@H](C)C[C@@]2(C)OC)[C@@H]1OC(C)=O. The molecule has 0 aromatic carbocycles. The summed E-state index contributed by atoms with van der Waals surface area (Å²) in [6.07, 6.45) is 7.74. The highest BCUT2D eigenvalue weighted by atomic mass is 127. The van der Waals surface area contributed by atoms with E-state index in [4.69, 9.17) is 34.8 Å². The molecule has 0 aliphatic carbocycles. The molecule has 1 saturated heterocycles. The lowest BCUT2D eigenvalue weighted by Crippen LogP contribution is -2.60. The molecule has 288 valence electrons. The number of terminal acetylenes is 1. The maximum absolute atomic E-state index is 14.2. The van der Waals surface area contributed by atoms with Crippen molar-refractivity contribution in [3.05, 3.63) is 30.4 Å². The van der Waals surface area contributed by atoms with Crippen LogP contribution in [0.4, 0.5) is 4.79 Å². The summed E-state index contributed by atoms with van der Waals surface area (Å²) in [5.41, 5.74) is -2.71. The number of halogens is 1. The number of carbonyl (C=O) groups is 5. The van der Waals surface area contributed by atoms with Crippen molar-refractivity contribution in [1.82, 2.24) is 14.5 Å². The maximum atomic E-state index is 14.2. The Bertz CT molecular complexity index is 1530. The zero-order chi connectivity index (χ0) is 39.1. The van der Waals surface area contributed by atoms with Gasteiger partial charge in [-0.25, -0.2) is 14.3 Å². The van der Waals surface area contributed by atoms with Crippen LogP contribution in [0.15, 0.2) is 30.4 Å². The van der Waals surface area contributed by atoms with Gasteiger partial charge in [-0.1, -0.05) is 13.8 Å². The minimum atomic E-state index is -1.63. The Balaban J connectivity index is 2.11. The monoisotopic (exact) mass is 841 g/mol. The Morgan fingerprint density at radius 2 is 1.87 bits per heavy atom. The zero-order valence-electron chi connectivity index (χ0n) is 31.6. The van der Waals surface area contributed by atoms with Gasteiger partial charge in [0.25, 0.3) is 0 Å². The summed E-state index contributed by atoms with van der Waals surface area (Å²) in [7, 11) is 3.33. The second-order valence-corrected chi connectivity index (χ2v) is 15.3. The molecule has 3 heterocycles. The average Bonchev–Trinajstić information content (AvgIpc) is 3.64. The van der Waals surface area contributed by atoms with Crippen molar-refractivity contribution in [2.75, 3.05) is 20.7 Å². The molecule has 0 radical (unpaired) electrons. The first-order valence-corrected chi connectivity index (χ1v) is 18.5. The molecular weight excluding hydrogens is 789 g/mol. The van der Waals surface area contributed by atoms with Crippen LogP contribution >= 0.6 is 22.6 Å². The molecule has 52 heavy (non-hydrogen) atoms. The van der Waals surface area contributed by atoms with Crippen molar-refractivity contribution in [3.63, 3.8) is 0 Å². The fourth-order valence-electron chi connectivity index (χ4n) is 6.86. The van der Waals surface area contributed by atoms with Gasteiger partial charge < -0.3 is 28.4 Å². The summed E-state index contributed by atoms with van der Waals surface area (Å²) in [6.45, 7) is 13.3. The van der Waals surface area contributed by atoms with Crippen molar-refractivity contribution in [2.45, 2.75) is 121 Å². The Hall–Kier alpha value is -3.17. The van der Waals surface area contributed by atoms with Crippen LogP contribution in [0.2, 0.25) is 0 Å². The Labute approximate surface area is 319 Å². The highest BCUT2D eigenvalue weighted by Crippen LogP contribution is 2.38. The van der Waals surface area contributed by atoms with Crippen molar-refractivity contribution < 1.29 is 52.4 Å². The van der Waals surface area contributed by atoms with Gasteiger partial charge in [-0.3, -0.25) is 24.1 Å². The first-order chi connectivity index (χ1) is 24.3. The van der Waals surface area contributed by atoms with Gasteiger partial charge in [-0.2, -0.15) is 0 Å². The Morgan fingerprint density at radius 3 is 2.44 bits per heavy atom. The number of imidazole rings is 1. The molecule has 0 saturated carbocycles. The number of rotatable bonds is 8.